The average Bonchev–Trinajstić information content (AvgIpc) is 3.11. The van der Waals surface area contributed by atoms with Crippen LogP contribution in [0, 0.1) is 0 Å². The lowest BCUT2D eigenvalue weighted by molar-refractivity contribution is -0.137. The van der Waals surface area contributed by atoms with E-state index < -0.39 is 17.6 Å². The van der Waals surface area contributed by atoms with Crippen molar-refractivity contribution < 1.29 is 18.0 Å². The number of hydrogen-bond donors (Lipinski definition) is 2. The van der Waals surface area contributed by atoms with E-state index in [-0.39, 0.29) is 29.5 Å². The van der Waals surface area contributed by atoms with E-state index in [4.69, 9.17) is 0 Å². The Balaban J connectivity index is 0.00000338. The van der Waals surface area contributed by atoms with Crippen LogP contribution in [-0.2, 0) is 6.18 Å². The molecule has 0 saturated carbocycles. The van der Waals surface area contributed by atoms with Gasteiger partial charge in [0.2, 0.25) is 0 Å². The van der Waals surface area contributed by atoms with Crippen LogP contribution < -0.4 is 10.6 Å². The van der Waals surface area contributed by atoms with Gasteiger partial charge in [0.05, 0.1) is 12.1 Å². The Labute approximate surface area is 168 Å². The number of carbonyl (C=O) groups excluding carboxylic acids is 1. The molecule has 0 unspecified atom stereocenters. The van der Waals surface area contributed by atoms with E-state index in [2.05, 4.69) is 20.5 Å². The fourth-order valence-corrected chi connectivity index (χ4v) is 2.60. The number of halogens is 4. The van der Waals surface area contributed by atoms with Crippen molar-refractivity contribution >= 4 is 35.8 Å². The third-order valence-corrected chi connectivity index (χ3v) is 3.87. The number of hydrogen-bond acceptors (Lipinski definition) is 2. The van der Waals surface area contributed by atoms with Crippen molar-refractivity contribution in [3.63, 3.8) is 0 Å². The quantitative estimate of drug-likeness (QED) is 0.293. The van der Waals surface area contributed by atoms with Gasteiger partial charge in [-0.25, -0.2) is 0 Å². The van der Waals surface area contributed by atoms with Crippen LogP contribution in [-0.4, -0.2) is 49.5 Å². The van der Waals surface area contributed by atoms with Crippen LogP contribution in [0.15, 0.2) is 29.3 Å². The third-order valence-electron chi connectivity index (χ3n) is 3.87. The van der Waals surface area contributed by atoms with Gasteiger partial charge < -0.3 is 15.5 Å². The molecular formula is C17H24F3IN4O. The van der Waals surface area contributed by atoms with Gasteiger partial charge in [-0.2, -0.15) is 13.2 Å². The van der Waals surface area contributed by atoms with Crippen LogP contribution in [0.5, 0.6) is 0 Å². The number of amides is 1. The number of rotatable bonds is 5. The molecule has 1 aromatic carbocycles. The second-order valence-electron chi connectivity index (χ2n) is 5.76. The maximum atomic E-state index is 12.5. The van der Waals surface area contributed by atoms with Gasteiger partial charge in [0.15, 0.2) is 5.96 Å². The van der Waals surface area contributed by atoms with Crippen molar-refractivity contribution in [2.75, 3.05) is 32.7 Å². The molecule has 1 heterocycles. The van der Waals surface area contributed by atoms with E-state index in [1.54, 1.807) is 0 Å². The van der Waals surface area contributed by atoms with E-state index in [0.717, 1.165) is 50.6 Å². The first kappa shape index (κ1) is 22.5. The first-order valence-electron chi connectivity index (χ1n) is 8.40. The smallest absolute Gasteiger partial charge is 0.357 e. The Morgan fingerprint density at radius 1 is 1.15 bits per heavy atom. The van der Waals surface area contributed by atoms with E-state index >= 15 is 0 Å². The van der Waals surface area contributed by atoms with Gasteiger partial charge in [0.25, 0.3) is 5.91 Å². The molecule has 0 spiro atoms. The Hall–Kier alpha value is -1.52. The van der Waals surface area contributed by atoms with Crippen LogP contribution in [0.2, 0.25) is 0 Å². The topological polar surface area (TPSA) is 56.7 Å². The Morgan fingerprint density at radius 2 is 1.77 bits per heavy atom. The Morgan fingerprint density at radius 3 is 2.31 bits per heavy atom. The van der Waals surface area contributed by atoms with Crippen LogP contribution in [0.1, 0.15) is 35.7 Å². The highest BCUT2D eigenvalue weighted by Gasteiger charge is 2.30. The zero-order valence-corrected chi connectivity index (χ0v) is 16.9. The van der Waals surface area contributed by atoms with Crippen LogP contribution in [0.3, 0.4) is 0 Å². The summed E-state index contributed by atoms with van der Waals surface area (Å²) in [6.07, 6.45) is -2.11. The molecule has 26 heavy (non-hydrogen) atoms. The van der Waals surface area contributed by atoms with Crippen molar-refractivity contribution in [3.05, 3.63) is 35.4 Å². The van der Waals surface area contributed by atoms with Gasteiger partial charge in [-0.1, -0.05) is 0 Å². The van der Waals surface area contributed by atoms with Crippen LogP contribution in [0.4, 0.5) is 13.2 Å². The van der Waals surface area contributed by atoms with Crippen molar-refractivity contribution in [2.24, 2.45) is 4.99 Å². The summed E-state index contributed by atoms with van der Waals surface area (Å²) in [6.45, 7) is 5.45. The van der Waals surface area contributed by atoms with E-state index in [0.29, 0.717) is 13.1 Å². The number of alkyl halides is 3. The number of nitrogens with one attached hydrogen (secondary N) is 2. The second kappa shape index (κ2) is 10.6. The highest BCUT2D eigenvalue weighted by atomic mass is 127. The van der Waals surface area contributed by atoms with Gasteiger partial charge in [-0.05, 0) is 44.0 Å². The molecule has 1 amide bonds. The van der Waals surface area contributed by atoms with Crippen molar-refractivity contribution in [1.82, 2.24) is 15.5 Å². The number of benzene rings is 1. The molecule has 146 valence electrons. The number of aliphatic imine (C=N–C) groups is 1. The summed E-state index contributed by atoms with van der Waals surface area (Å²) in [6, 6.07) is 4.17. The molecule has 0 bridgehead atoms. The number of carbonyl (C=O) groups is 1. The maximum Gasteiger partial charge on any atom is 0.416 e. The van der Waals surface area contributed by atoms with E-state index in [9.17, 15) is 18.0 Å². The van der Waals surface area contributed by atoms with Gasteiger partial charge >= 0.3 is 6.18 Å². The molecule has 0 aromatic heterocycles. The standard InChI is InChI=1S/C17H23F3N4O.HI/c1-2-21-16(24-11-3-4-12-24)23-10-9-22-15(25)13-5-7-14(8-6-13)17(18,19)20;/h5-8H,2-4,9-12H2,1H3,(H,21,23)(H,22,25);1H. The molecule has 1 aromatic rings. The summed E-state index contributed by atoms with van der Waals surface area (Å²) in [5.74, 6) is 0.430. The Kier molecular flexibility index (Phi) is 9.17. The van der Waals surface area contributed by atoms with Crippen molar-refractivity contribution in [1.29, 1.82) is 0 Å². The lowest BCUT2D eigenvalue weighted by Gasteiger charge is -2.20. The zero-order valence-electron chi connectivity index (χ0n) is 14.6. The molecule has 1 fully saturated rings. The molecule has 0 aliphatic carbocycles. The fourth-order valence-electron chi connectivity index (χ4n) is 2.60. The molecule has 9 heteroatoms. The highest BCUT2D eigenvalue weighted by molar-refractivity contribution is 14.0. The summed E-state index contributed by atoms with van der Waals surface area (Å²) in [7, 11) is 0. The molecule has 2 N–H and O–H groups in total. The number of nitrogens with zero attached hydrogens (tertiary/aromatic N) is 2. The fraction of sp³-hybridized carbons (Fsp3) is 0.529. The maximum absolute atomic E-state index is 12.5. The monoisotopic (exact) mass is 484 g/mol. The first-order chi connectivity index (χ1) is 11.9. The zero-order chi connectivity index (χ0) is 18.3. The molecule has 1 saturated heterocycles. The molecular weight excluding hydrogens is 460 g/mol. The van der Waals surface area contributed by atoms with Crippen LogP contribution >= 0.6 is 24.0 Å². The van der Waals surface area contributed by atoms with Crippen molar-refractivity contribution in [3.8, 4) is 0 Å². The summed E-state index contributed by atoms with van der Waals surface area (Å²) >= 11 is 0. The lowest BCUT2D eigenvalue weighted by Crippen LogP contribution is -2.40. The first-order valence-corrected chi connectivity index (χ1v) is 8.40. The molecule has 2 rings (SSSR count). The van der Waals surface area contributed by atoms with Gasteiger partial charge in [0, 0.05) is 31.7 Å². The molecule has 1 aliphatic heterocycles. The van der Waals surface area contributed by atoms with Crippen molar-refractivity contribution in [2.45, 2.75) is 25.9 Å². The van der Waals surface area contributed by atoms with E-state index in [1.807, 2.05) is 6.92 Å². The second-order valence-corrected chi connectivity index (χ2v) is 5.76. The third kappa shape index (κ3) is 6.65. The minimum atomic E-state index is -4.40. The molecule has 5 nitrogen and oxygen atoms in total. The minimum absolute atomic E-state index is 0. The average molecular weight is 484 g/mol. The van der Waals surface area contributed by atoms with Gasteiger partial charge in [-0.15, -0.1) is 24.0 Å². The summed E-state index contributed by atoms with van der Waals surface area (Å²) in [5.41, 5.74) is -0.571. The lowest BCUT2D eigenvalue weighted by atomic mass is 10.1. The normalized spacial score (nSPS) is 14.8. The van der Waals surface area contributed by atoms with Crippen LogP contribution in [0.25, 0.3) is 0 Å². The van der Waals surface area contributed by atoms with E-state index in [1.165, 1.54) is 12.1 Å². The summed E-state index contributed by atoms with van der Waals surface area (Å²) < 4.78 is 37.5. The SMILES string of the molecule is CCNC(=NCCNC(=O)c1ccc(C(F)(F)F)cc1)N1CCCC1.I. The number of guanidine groups is 1. The summed E-state index contributed by atoms with van der Waals surface area (Å²) in [5, 5.41) is 5.89. The predicted octanol–water partition coefficient (Wildman–Crippen LogP) is 3.11. The summed E-state index contributed by atoms with van der Waals surface area (Å²) in [4.78, 5) is 18.6. The highest BCUT2D eigenvalue weighted by Crippen LogP contribution is 2.29. The van der Waals surface area contributed by atoms with Gasteiger partial charge in [-0.3, -0.25) is 9.79 Å². The molecule has 1 aliphatic rings. The Bertz CT molecular complexity index is 599. The molecule has 0 atom stereocenters. The largest absolute Gasteiger partial charge is 0.416 e. The molecule has 0 radical (unpaired) electrons. The van der Waals surface area contributed by atoms with Gasteiger partial charge in [0.1, 0.15) is 0 Å². The minimum Gasteiger partial charge on any atom is -0.357 e. The predicted molar refractivity (Wildman–Crippen MR) is 106 cm³/mol. The number of likely N-dealkylation sites (tertiary alicyclic amines) is 1.